The zero-order chi connectivity index (χ0) is 13.5. The minimum absolute atomic E-state index is 0.207. The van der Waals surface area contributed by atoms with Crippen LogP contribution in [0.5, 0.6) is 0 Å². The fraction of sp³-hybridized carbons (Fsp3) is 0.308. The predicted octanol–water partition coefficient (Wildman–Crippen LogP) is 1.03. The summed E-state index contributed by atoms with van der Waals surface area (Å²) in [5.74, 6) is -1.23. The molecule has 0 saturated carbocycles. The number of carbonyl (C=O) groups is 2. The van der Waals surface area contributed by atoms with E-state index in [-0.39, 0.29) is 18.9 Å². The van der Waals surface area contributed by atoms with Crippen molar-refractivity contribution in [3.8, 4) is 6.07 Å². The maximum atomic E-state index is 11.6. The van der Waals surface area contributed by atoms with Gasteiger partial charge in [0.1, 0.15) is 6.54 Å². The number of rotatable bonds is 5. The summed E-state index contributed by atoms with van der Waals surface area (Å²) < 4.78 is 0. The number of nitrogens with zero attached hydrogens (tertiary/aromatic N) is 2. The second kappa shape index (κ2) is 6.40. The average molecular weight is 246 g/mol. The van der Waals surface area contributed by atoms with Crippen molar-refractivity contribution < 1.29 is 14.7 Å². The van der Waals surface area contributed by atoms with Gasteiger partial charge in [-0.3, -0.25) is 9.59 Å². The standard InChI is InChI=1S/C13H14N2O3/c1-15(9-13(17)18)12(16)7-6-10-2-4-11(8-14)5-3-10/h2-5H,6-7,9H2,1H3,(H,17,18). The van der Waals surface area contributed by atoms with Gasteiger partial charge in [0.05, 0.1) is 11.6 Å². The van der Waals surface area contributed by atoms with Crippen LogP contribution in [-0.4, -0.2) is 35.5 Å². The van der Waals surface area contributed by atoms with Gasteiger partial charge in [0, 0.05) is 13.5 Å². The highest BCUT2D eigenvalue weighted by Crippen LogP contribution is 2.07. The topological polar surface area (TPSA) is 81.4 Å². The summed E-state index contributed by atoms with van der Waals surface area (Å²) in [6, 6.07) is 9.00. The van der Waals surface area contributed by atoms with Crippen LogP contribution in [0.1, 0.15) is 17.5 Å². The van der Waals surface area contributed by atoms with E-state index < -0.39 is 5.97 Å². The Balaban J connectivity index is 2.47. The monoisotopic (exact) mass is 246 g/mol. The Bertz CT molecular complexity index is 474. The van der Waals surface area contributed by atoms with Crippen molar-refractivity contribution in [3.63, 3.8) is 0 Å². The third-order valence-corrected chi connectivity index (χ3v) is 2.51. The molecule has 1 rings (SSSR count). The molecule has 1 aromatic carbocycles. The van der Waals surface area contributed by atoms with Gasteiger partial charge >= 0.3 is 5.97 Å². The normalized spacial score (nSPS) is 9.56. The molecule has 5 nitrogen and oxygen atoms in total. The third kappa shape index (κ3) is 4.26. The molecule has 0 saturated heterocycles. The molecule has 0 fully saturated rings. The Morgan fingerprint density at radius 3 is 2.44 bits per heavy atom. The Hall–Kier alpha value is -2.35. The summed E-state index contributed by atoms with van der Waals surface area (Å²) in [5, 5.41) is 17.2. The smallest absolute Gasteiger partial charge is 0.323 e. The largest absolute Gasteiger partial charge is 0.480 e. The molecule has 5 heteroatoms. The van der Waals surface area contributed by atoms with Crippen LogP contribution >= 0.6 is 0 Å². The van der Waals surface area contributed by atoms with Gasteiger partial charge in [0.15, 0.2) is 0 Å². The quantitative estimate of drug-likeness (QED) is 0.841. The van der Waals surface area contributed by atoms with Crippen LogP contribution < -0.4 is 0 Å². The molecule has 0 heterocycles. The molecular weight excluding hydrogens is 232 g/mol. The molecule has 0 aliphatic carbocycles. The maximum Gasteiger partial charge on any atom is 0.323 e. The minimum Gasteiger partial charge on any atom is -0.480 e. The van der Waals surface area contributed by atoms with E-state index >= 15 is 0 Å². The Labute approximate surface area is 105 Å². The molecule has 0 aliphatic heterocycles. The molecule has 0 radical (unpaired) electrons. The lowest BCUT2D eigenvalue weighted by atomic mass is 10.1. The van der Waals surface area contributed by atoms with Gasteiger partial charge in [-0.05, 0) is 24.1 Å². The number of nitriles is 1. The van der Waals surface area contributed by atoms with Crippen molar-refractivity contribution in [3.05, 3.63) is 35.4 Å². The van der Waals surface area contributed by atoms with Crippen LogP contribution in [0.15, 0.2) is 24.3 Å². The molecule has 0 aliphatic rings. The summed E-state index contributed by atoms with van der Waals surface area (Å²) >= 11 is 0. The maximum absolute atomic E-state index is 11.6. The summed E-state index contributed by atoms with van der Waals surface area (Å²) in [7, 11) is 1.47. The van der Waals surface area contributed by atoms with E-state index in [1.807, 2.05) is 6.07 Å². The first-order chi connectivity index (χ1) is 8.52. The van der Waals surface area contributed by atoms with Crippen molar-refractivity contribution in [2.45, 2.75) is 12.8 Å². The summed E-state index contributed by atoms with van der Waals surface area (Å²) in [5.41, 5.74) is 1.53. The molecule has 0 atom stereocenters. The van der Waals surface area contributed by atoms with E-state index in [1.54, 1.807) is 24.3 Å². The van der Waals surface area contributed by atoms with Crippen LogP contribution in [0.25, 0.3) is 0 Å². The second-order valence-corrected chi connectivity index (χ2v) is 3.95. The first kappa shape index (κ1) is 13.7. The highest BCUT2D eigenvalue weighted by molar-refractivity contribution is 5.81. The van der Waals surface area contributed by atoms with Gasteiger partial charge in [0.25, 0.3) is 0 Å². The Morgan fingerprint density at radius 2 is 1.94 bits per heavy atom. The zero-order valence-electron chi connectivity index (χ0n) is 10.1. The first-order valence-electron chi connectivity index (χ1n) is 5.47. The molecule has 1 aromatic rings. The van der Waals surface area contributed by atoms with E-state index in [4.69, 9.17) is 10.4 Å². The van der Waals surface area contributed by atoms with E-state index in [9.17, 15) is 9.59 Å². The van der Waals surface area contributed by atoms with E-state index in [2.05, 4.69) is 0 Å². The third-order valence-electron chi connectivity index (χ3n) is 2.51. The first-order valence-corrected chi connectivity index (χ1v) is 5.47. The van der Waals surface area contributed by atoms with E-state index in [0.717, 1.165) is 5.56 Å². The minimum atomic E-state index is -1.02. The van der Waals surface area contributed by atoms with Gasteiger partial charge < -0.3 is 10.0 Å². The van der Waals surface area contributed by atoms with Crippen LogP contribution in [0, 0.1) is 11.3 Å². The molecule has 18 heavy (non-hydrogen) atoms. The zero-order valence-corrected chi connectivity index (χ0v) is 10.1. The number of carboxylic acids is 1. The van der Waals surface area contributed by atoms with Crippen molar-refractivity contribution in [1.29, 1.82) is 5.26 Å². The van der Waals surface area contributed by atoms with Crippen LogP contribution in [0.2, 0.25) is 0 Å². The number of benzene rings is 1. The molecule has 0 spiro atoms. The van der Waals surface area contributed by atoms with Crippen molar-refractivity contribution >= 4 is 11.9 Å². The van der Waals surface area contributed by atoms with Crippen LogP contribution in [0.3, 0.4) is 0 Å². The van der Waals surface area contributed by atoms with Gasteiger partial charge in [-0.15, -0.1) is 0 Å². The Kier molecular flexibility index (Phi) is 4.88. The van der Waals surface area contributed by atoms with E-state index in [1.165, 1.54) is 11.9 Å². The van der Waals surface area contributed by atoms with Crippen molar-refractivity contribution in [2.75, 3.05) is 13.6 Å². The van der Waals surface area contributed by atoms with Gasteiger partial charge in [-0.1, -0.05) is 12.1 Å². The second-order valence-electron chi connectivity index (χ2n) is 3.95. The van der Waals surface area contributed by atoms with Crippen molar-refractivity contribution in [2.24, 2.45) is 0 Å². The summed E-state index contributed by atoms with van der Waals surface area (Å²) in [6.45, 7) is -0.286. The van der Waals surface area contributed by atoms with Gasteiger partial charge in [-0.25, -0.2) is 0 Å². The number of likely N-dealkylation sites (N-methyl/N-ethyl adjacent to an activating group) is 1. The highest BCUT2D eigenvalue weighted by Gasteiger charge is 2.11. The number of carboxylic acid groups (broad SMARTS) is 1. The van der Waals surface area contributed by atoms with Gasteiger partial charge in [-0.2, -0.15) is 5.26 Å². The molecule has 0 unspecified atom stereocenters. The number of aryl methyl sites for hydroxylation is 1. The summed E-state index contributed by atoms with van der Waals surface area (Å²) in [4.78, 5) is 23.2. The lowest BCUT2D eigenvalue weighted by Crippen LogP contribution is -2.32. The predicted molar refractivity (Wildman–Crippen MR) is 64.8 cm³/mol. The fourth-order valence-corrected chi connectivity index (χ4v) is 1.48. The Morgan fingerprint density at radius 1 is 1.33 bits per heavy atom. The van der Waals surface area contributed by atoms with Crippen molar-refractivity contribution in [1.82, 2.24) is 4.90 Å². The molecule has 1 amide bonds. The highest BCUT2D eigenvalue weighted by atomic mass is 16.4. The summed E-state index contributed by atoms with van der Waals surface area (Å²) in [6.07, 6.45) is 0.796. The molecular formula is C13H14N2O3. The van der Waals surface area contributed by atoms with Crippen LogP contribution in [-0.2, 0) is 16.0 Å². The molecule has 1 N–H and O–H groups in total. The average Bonchev–Trinajstić information content (AvgIpc) is 2.35. The number of hydrogen-bond acceptors (Lipinski definition) is 3. The molecule has 94 valence electrons. The number of amides is 1. The SMILES string of the molecule is CN(CC(=O)O)C(=O)CCc1ccc(C#N)cc1. The van der Waals surface area contributed by atoms with Crippen LogP contribution in [0.4, 0.5) is 0 Å². The number of aliphatic carboxylic acids is 1. The fourth-order valence-electron chi connectivity index (χ4n) is 1.48. The van der Waals surface area contributed by atoms with Gasteiger partial charge in [0.2, 0.25) is 5.91 Å². The lowest BCUT2D eigenvalue weighted by Gasteiger charge is -2.14. The molecule has 0 bridgehead atoms. The molecule has 0 aromatic heterocycles. The number of hydrogen-bond donors (Lipinski definition) is 1. The lowest BCUT2D eigenvalue weighted by molar-refractivity contribution is -0.143. The number of carbonyl (C=O) groups excluding carboxylic acids is 1. The van der Waals surface area contributed by atoms with E-state index in [0.29, 0.717) is 12.0 Å².